The van der Waals surface area contributed by atoms with E-state index in [-0.39, 0.29) is 0 Å². The molecule has 0 radical (unpaired) electrons. The van der Waals surface area contributed by atoms with Gasteiger partial charge in [-0.2, -0.15) is 0 Å². The van der Waals surface area contributed by atoms with Crippen molar-refractivity contribution in [2.45, 2.75) is 20.1 Å². The Balaban J connectivity index is 4.12. The predicted octanol–water partition coefficient (Wildman–Crippen LogP) is 0.554. The molecule has 0 N–H and O–H groups in total. The van der Waals surface area contributed by atoms with Gasteiger partial charge in [-0.3, -0.25) is 9.59 Å². The molecule has 0 bridgehead atoms. The fraction of sp³-hybridized carbons (Fsp3) is 0.600. The Hall–Kier alpha value is -0.660. The topological polar surface area (TPSA) is 34.1 Å². The average molecular weight is 105 g/mol. The van der Waals surface area contributed by atoms with Gasteiger partial charge in [0.05, 0.1) is 6.42 Å². The fourth-order valence-corrected chi connectivity index (χ4v) is 0.158. The summed E-state index contributed by atoms with van der Waals surface area (Å²) in [6.07, 6.45) is -0.853. The van der Waals surface area contributed by atoms with Crippen molar-refractivity contribution in [1.29, 1.82) is 0 Å². The molecule has 2 heteroatoms. The average Bonchev–Trinajstić information content (AvgIpc) is 1.85. The molecular weight excluding hydrogens is 92.1 g/mol. The molecule has 40 valence electrons. The van der Waals surface area contributed by atoms with Crippen LogP contribution in [-0.2, 0) is 9.59 Å². The lowest BCUT2D eigenvalue weighted by Gasteiger charge is -1.81. The van der Waals surface area contributed by atoms with Crippen LogP contribution in [0.5, 0.6) is 0 Å². The van der Waals surface area contributed by atoms with Gasteiger partial charge in [-0.15, -0.1) is 0 Å². The minimum atomic E-state index is -2.80. The third-order valence-electron chi connectivity index (χ3n) is 0.335. The Kier molecular flexibility index (Phi) is 0.604. The van der Waals surface area contributed by atoms with Crippen molar-refractivity contribution >= 4 is 11.6 Å². The van der Waals surface area contributed by atoms with E-state index in [4.69, 9.17) is 6.85 Å². The molecule has 0 aliphatic rings. The molecule has 0 saturated heterocycles. The molecule has 7 heavy (non-hydrogen) atoms. The molecule has 0 rings (SSSR count). The van der Waals surface area contributed by atoms with E-state index in [9.17, 15) is 9.59 Å². The van der Waals surface area contributed by atoms with E-state index in [1.807, 2.05) is 0 Å². The van der Waals surface area contributed by atoms with E-state index in [1.54, 1.807) is 0 Å². The van der Waals surface area contributed by atoms with E-state index in [0.717, 1.165) is 0 Å². The maximum atomic E-state index is 10.6. The lowest BCUT2D eigenvalue weighted by molar-refractivity contribution is -0.124. The van der Waals surface area contributed by atoms with Crippen molar-refractivity contribution in [1.82, 2.24) is 0 Å². The van der Waals surface area contributed by atoms with E-state index in [1.165, 1.54) is 0 Å². The summed E-state index contributed by atoms with van der Waals surface area (Å²) < 4.78 is 32.9. The molecule has 0 saturated carbocycles. The summed E-state index contributed by atoms with van der Waals surface area (Å²) >= 11 is 0. The van der Waals surface area contributed by atoms with Gasteiger partial charge in [0.25, 0.3) is 0 Å². The van der Waals surface area contributed by atoms with Gasteiger partial charge in [0.1, 0.15) is 11.6 Å². The van der Waals surface area contributed by atoms with E-state index >= 15 is 0 Å². The first-order chi connectivity index (χ1) is 5.25. The van der Waals surface area contributed by atoms with E-state index < -0.39 is 31.7 Å². The Morgan fingerprint density at radius 3 is 2.71 bits per heavy atom. The summed E-state index contributed by atoms with van der Waals surface area (Å²) in [6, 6.07) is 0. The second kappa shape index (κ2) is 2.50. The number of hydrogen-bond donors (Lipinski definition) is 0. The largest absolute Gasteiger partial charge is 0.300 e. The van der Waals surface area contributed by atoms with Gasteiger partial charge in [-0.05, 0) is 13.7 Å². The van der Waals surface area contributed by atoms with Crippen molar-refractivity contribution in [2.75, 3.05) is 0 Å². The predicted molar refractivity (Wildman–Crippen MR) is 26.0 cm³/mol. The normalized spacial score (nSPS) is 21.0. The smallest absolute Gasteiger partial charge is 0.137 e. The monoisotopic (exact) mass is 105 g/mol. The van der Waals surface area contributed by atoms with Crippen LogP contribution in [-0.4, -0.2) is 11.6 Å². The van der Waals surface area contributed by atoms with Crippen molar-refractivity contribution in [3.8, 4) is 0 Å². The maximum Gasteiger partial charge on any atom is 0.137 e. The van der Waals surface area contributed by atoms with Crippen molar-refractivity contribution in [3.63, 3.8) is 0 Å². The van der Waals surface area contributed by atoms with Crippen molar-refractivity contribution < 1.29 is 16.4 Å². The second-order valence-electron chi connectivity index (χ2n) is 1.07. The van der Waals surface area contributed by atoms with E-state index in [2.05, 4.69) is 0 Å². The number of hydrogen-bond acceptors (Lipinski definition) is 2. The van der Waals surface area contributed by atoms with Crippen LogP contribution in [0.4, 0.5) is 0 Å². The quantitative estimate of drug-likeness (QED) is 0.481. The molecule has 0 aromatic rings. The molecule has 0 fully saturated rings. The molecule has 0 atom stereocenters. The van der Waals surface area contributed by atoms with Crippen LogP contribution >= 0.6 is 0 Å². The molecule has 2 nitrogen and oxygen atoms in total. The standard InChI is InChI=1S/C5H8O2/c1-4(6)3-5(2)7/h3H2,1-2H3/i1D2,2D3. The number of carbonyl (C=O) groups excluding carboxylic acids is 2. The molecule has 0 amide bonds. The van der Waals surface area contributed by atoms with Crippen LogP contribution in [0.15, 0.2) is 0 Å². The minimum Gasteiger partial charge on any atom is -0.300 e. The molecule has 0 heterocycles. The molecule has 0 spiro atoms. The molecule has 0 aliphatic carbocycles. The first kappa shape index (κ1) is 1.69. The van der Waals surface area contributed by atoms with Crippen molar-refractivity contribution in [3.05, 3.63) is 0 Å². The number of rotatable bonds is 2. The highest BCUT2D eigenvalue weighted by atomic mass is 16.1. The Labute approximate surface area is 49.5 Å². The van der Waals surface area contributed by atoms with Gasteiger partial charge in [0.2, 0.25) is 0 Å². The summed E-state index contributed by atoms with van der Waals surface area (Å²) in [5.74, 6) is -2.20. The number of carbonyl (C=O) groups is 2. The highest BCUT2D eigenvalue weighted by Crippen LogP contribution is 1.80. The molecular formula is C5H8O2. The number of Topliss-reactive ketones (excluding diaryl/α,β-unsaturated/α-hetero) is 2. The third kappa shape index (κ3) is 5.34. The summed E-state index contributed by atoms with van der Waals surface area (Å²) in [4.78, 5) is 21.2. The summed E-state index contributed by atoms with van der Waals surface area (Å²) in [7, 11) is 0. The Morgan fingerprint density at radius 1 is 1.57 bits per heavy atom. The van der Waals surface area contributed by atoms with Gasteiger partial charge >= 0.3 is 0 Å². The Morgan fingerprint density at radius 2 is 2.29 bits per heavy atom. The molecule has 0 unspecified atom stereocenters. The summed E-state index contributed by atoms with van der Waals surface area (Å²) in [5.41, 5.74) is 0. The van der Waals surface area contributed by atoms with Crippen LogP contribution in [0.25, 0.3) is 0 Å². The van der Waals surface area contributed by atoms with Crippen LogP contribution in [0.1, 0.15) is 27.0 Å². The number of ketones is 2. The zero-order valence-corrected chi connectivity index (χ0v) is 3.60. The minimum absolute atomic E-state index is 0.853. The molecule has 0 aliphatic heterocycles. The summed E-state index contributed by atoms with van der Waals surface area (Å²) in [6.45, 7) is -4.58. The highest BCUT2D eigenvalue weighted by molar-refractivity contribution is 5.96. The SMILES string of the molecule is [2H]C([2H])C(=O)CC(=O)C([2H])([2H])[2H]. The second-order valence-corrected chi connectivity index (χ2v) is 1.07. The zero-order valence-electron chi connectivity index (χ0n) is 8.60. The van der Waals surface area contributed by atoms with Crippen LogP contribution < -0.4 is 0 Å². The van der Waals surface area contributed by atoms with Gasteiger partial charge in [-0.25, -0.2) is 0 Å². The molecule has 0 aromatic heterocycles. The summed E-state index contributed by atoms with van der Waals surface area (Å²) in [5, 5.41) is 0. The fourth-order valence-electron chi connectivity index (χ4n) is 0.158. The third-order valence-corrected chi connectivity index (χ3v) is 0.335. The van der Waals surface area contributed by atoms with Gasteiger partial charge in [0, 0.05) is 6.85 Å². The Bertz CT molecular complexity index is 195. The lowest BCUT2D eigenvalue weighted by atomic mass is 10.2. The van der Waals surface area contributed by atoms with Crippen LogP contribution in [0.3, 0.4) is 0 Å². The van der Waals surface area contributed by atoms with Gasteiger partial charge in [-0.1, -0.05) is 0 Å². The molecule has 0 aromatic carbocycles. The first-order valence-corrected chi connectivity index (χ1v) is 1.65. The zero-order chi connectivity index (χ0) is 9.94. The van der Waals surface area contributed by atoms with Crippen molar-refractivity contribution in [2.24, 2.45) is 0 Å². The first-order valence-electron chi connectivity index (χ1n) is 4.31. The van der Waals surface area contributed by atoms with Crippen LogP contribution in [0.2, 0.25) is 0 Å². The van der Waals surface area contributed by atoms with E-state index in [0.29, 0.717) is 0 Å². The lowest BCUT2D eigenvalue weighted by Crippen LogP contribution is -1.97. The van der Waals surface area contributed by atoms with Gasteiger partial charge < -0.3 is 0 Å². The highest BCUT2D eigenvalue weighted by Gasteiger charge is 1.94. The maximum absolute atomic E-state index is 10.6. The van der Waals surface area contributed by atoms with Gasteiger partial charge in [0.15, 0.2) is 0 Å². The van der Waals surface area contributed by atoms with Crippen LogP contribution in [0, 0.1) is 0 Å².